The lowest BCUT2D eigenvalue weighted by Gasteiger charge is -2.17. The fourth-order valence-corrected chi connectivity index (χ4v) is 1.63. The predicted octanol–water partition coefficient (Wildman–Crippen LogP) is 4.21. The fourth-order valence-electron chi connectivity index (χ4n) is 1.63. The third-order valence-electron chi connectivity index (χ3n) is 2.47. The van der Waals surface area contributed by atoms with Crippen molar-refractivity contribution in [2.24, 2.45) is 0 Å². The van der Waals surface area contributed by atoms with Gasteiger partial charge in [-0.05, 0) is 31.5 Å². The minimum Gasteiger partial charge on any atom is -0.462 e. The van der Waals surface area contributed by atoms with Crippen molar-refractivity contribution in [3.05, 3.63) is 34.4 Å². The number of halogens is 6. The van der Waals surface area contributed by atoms with E-state index in [2.05, 4.69) is 4.74 Å². The van der Waals surface area contributed by atoms with Crippen molar-refractivity contribution >= 4 is 5.97 Å². The van der Waals surface area contributed by atoms with Crippen LogP contribution in [-0.2, 0) is 17.1 Å². The topological polar surface area (TPSA) is 26.3 Å². The van der Waals surface area contributed by atoms with Gasteiger partial charge in [0.2, 0.25) is 0 Å². The molecular weight excluding hydrogens is 290 g/mol. The molecule has 0 radical (unpaired) electrons. The van der Waals surface area contributed by atoms with E-state index in [0.29, 0.717) is 6.07 Å². The van der Waals surface area contributed by atoms with Crippen molar-refractivity contribution in [1.82, 2.24) is 0 Å². The van der Waals surface area contributed by atoms with E-state index in [9.17, 15) is 31.1 Å². The Bertz CT molecular complexity index is 516. The van der Waals surface area contributed by atoms with Crippen LogP contribution in [0, 0.1) is 6.92 Å². The fraction of sp³-hybridized carbons (Fsp3) is 0.417. The zero-order valence-electron chi connectivity index (χ0n) is 10.4. The van der Waals surface area contributed by atoms with Gasteiger partial charge in [0.15, 0.2) is 0 Å². The van der Waals surface area contributed by atoms with Crippen molar-refractivity contribution in [2.45, 2.75) is 26.2 Å². The lowest BCUT2D eigenvalue weighted by atomic mass is 9.98. The highest BCUT2D eigenvalue weighted by molar-refractivity contribution is 5.91. The largest absolute Gasteiger partial charge is 0.462 e. The van der Waals surface area contributed by atoms with Gasteiger partial charge in [0, 0.05) is 0 Å². The van der Waals surface area contributed by atoms with Crippen LogP contribution in [0.25, 0.3) is 0 Å². The highest BCUT2D eigenvalue weighted by Gasteiger charge is 2.40. The third-order valence-corrected chi connectivity index (χ3v) is 2.47. The standard InChI is InChI=1S/C12H10F6O2/c1-3-20-10(19)7-4-6(2)8(11(13,14)15)5-9(7)12(16,17)18/h4-5H,3H2,1-2H3. The third kappa shape index (κ3) is 3.43. The molecule has 0 atom stereocenters. The van der Waals surface area contributed by atoms with Gasteiger partial charge in [-0.15, -0.1) is 0 Å². The summed E-state index contributed by atoms with van der Waals surface area (Å²) in [5.41, 5.74) is -4.50. The van der Waals surface area contributed by atoms with Crippen LogP contribution in [0.2, 0.25) is 0 Å². The van der Waals surface area contributed by atoms with Gasteiger partial charge >= 0.3 is 18.3 Å². The van der Waals surface area contributed by atoms with Crippen molar-refractivity contribution in [3.63, 3.8) is 0 Å². The molecular formula is C12H10F6O2. The monoisotopic (exact) mass is 300 g/mol. The first-order chi connectivity index (χ1) is 8.98. The van der Waals surface area contributed by atoms with E-state index < -0.39 is 40.6 Å². The predicted molar refractivity (Wildman–Crippen MR) is 57.1 cm³/mol. The number of aryl methyl sites for hydroxylation is 1. The van der Waals surface area contributed by atoms with Crippen LogP contribution in [0.5, 0.6) is 0 Å². The van der Waals surface area contributed by atoms with Gasteiger partial charge in [-0.1, -0.05) is 0 Å². The summed E-state index contributed by atoms with van der Waals surface area (Å²) >= 11 is 0. The van der Waals surface area contributed by atoms with Crippen molar-refractivity contribution < 1.29 is 35.9 Å². The van der Waals surface area contributed by atoms with Crippen LogP contribution >= 0.6 is 0 Å². The Morgan fingerprint density at radius 1 is 1.05 bits per heavy atom. The van der Waals surface area contributed by atoms with Gasteiger partial charge in [0.05, 0.1) is 23.3 Å². The van der Waals surface area contributed by atoms with E-state index in [1.165, 1.54) is 6.92 Å². The Morgan fingerprint density at radius 2 is 1.55 bits per heavy atom. The molecule has 0 spiro atoms. The summed E-state index contributed by atoms with van der Waals surface area (Å²) in [6.45, 7) is 2.17. The second-order valence-electron chi connectivity index (χ2n) is 3.93. The average Bonchev–Trinajstić information content (AvgIpc) is 2.25. The number of ether oxygens (including phenoxy) is 1. The number of rotatable bonds is 2. The summed E-state index contributed by atoms with van der Waals surface area (Å²) in [7, 11) is 0. The van der Waals surface area contributed by atoms with Crippen LogP contribution in [0.3, 0.4) is 0 Å². The Hall–Kier alpha value is -1.73. The summed E-state index contributed by atoms with van der Waals surface area (Å²) in [5, 5.41) is 0. The molecule has 0 amide bonds. The summed E-state index contributed by atoms with van der Waals surface area (Å²) in [6.07, 6.45) is -10.0. The Kier molecular flexibility index (Phi) is 4.36. The molecule has 0 aliphatic heterocycles. The number of esters is 1. The minimum atomic E-state index is -5.09. The lowest BCUT2D eigenvalue weighted by molar-refractivity contribution is -0.143. The number of alkyl halides is 6. The van der Waals surface area contributed by atoms with Crippen LogP contribution in [-0.4, -0.2) is 12.6 Å². The first kappa shape index (κ1) is 16.3. The molecule has 0 heterocycles. The SMILES string of the molecule is CCOC(=O)c1cc(C)c(C(F)(F)F)cc1C(F)(F)F. The summed E-state index contributed by atoms with van der Waals surface area (Å²) in [4.78, 5) is 11.4. The molecule has 112 valence electrons. The summed E-state index contributed by atoms with van der Waals surface area (Å²) in [6, 6.07) is 0.477. The first-order valence-electron chi connectivity index (χ1n) is 5.44. The zero-order valence-corrected chi connectivity index (χ0v) is 10.4. The van der Waals surface area contributed by atoms with Gasteiger partial charge in [-0.25, -0.2) is 4.79 Å². The van der Waals surface area contributed by atoms with E-state index in [4.69, 9.17) is 0 Å². The molecule has 8 heteroatoms. The van der Waals surface area contributed by atoms with E-state index in [-0.39, 0.29) is 12.7 Å². The maximum absolute atomic E-state index is 12.8. The van der Waals surface area contributed by atoms with Gasteiger partial charge in [0.1, 0.15) is 0 Å². The number of hydrogen-bond acceptors (Lipinski definition) is 2. The lowest BCUT2D eigenvalue weighted by Crippen LogP contribution is -2.18. The van der Waals surface area contributed by atoms with Crippen molar-refractivity contribution in [1.29, 1.82) is 0 Å². The molecule has 0 saturated carbocycles. The Balaban J connectivity index is 3.54. The summed E-state index contributed by atoms with van der Waals surface area (Å²) in [5.74, 6) is -1.31. The molecule has 1 rings (SSSR count). The molecule has 0 aliphatic rings. The second kappa shape index (κ2) is 5.34. The van der Waals surface area contributed by atoms with Gasteiger partial charge < -0.3 is 4.74 Å². The quantitative estimate of drug-likeness (QED) is 0.604. The minimum absolute atomic E-state index is 0.0679. The van der Waals surface area contributed by atoms with Crippen LogP contribution < -0.4 is 0 Å². The molecule has 0 bridgehead atoms. The Morgan fingerprint density at radius 3 is 1.95 bits per heavy atom. The number of carbonyl (C=O) groups excluding carboxylic acids is 1. The van der Waals surface area contributed by atoms with Gasteiger partial charge in [0.25, 0.3) is 0 Å². The molecule has 0 fully saturated rings. The molecule has 0 aliphatic carbocycles. The second-order valence-corrected chi connectivity index (χ2v) is 3.93. The van der Waals surface area contributed by atoms with Gasteiger partial charge in [-0.3, -0.25) is 0 Å². The van der Waals surface area contributed by atoms with E-state index in [0.717, 1.165) is 6.92 Å². The first-order valence-corrected chi connectivity index (χ1v) is 5.44. The molecule has 2 nitrogen and oxygen atoms in total. The molecule has 0 N–H and O–H groups in total. The van der Waals surface area contributed by atoms with E-state index in [1.807, 2.05) is 0 Å². The highest BCUT2D eigenvalue weighted by atomic mass is 19.4. The highest BCUT2D eigenvalue weighted by Crippen LogP contribution is 2.39. The molecule has 0 aromatic heterocycles. The maximum atomic E-state index is 12.8. The number of carbonyl (C=O) groups is 1. The molecule has 20 heavy (non-hydrogen) atoms. The maximum Gasteiger partial charge on any atom is 0.417 e. The van der Waals surface area contributed by atoms with E-state index >= 15 is 0 Å². The van der Waals surface area contributed by atoms with Crippen LogP contribution in [0.1, 0.15) is 34.0 Å². The van der Waals surface area contributed by atoms with Crippen molar-refractivity contribution in [2.75, 3.05) is 6.61 Å². The number of hydrogen-bond donors (Lipinski definition) is 0. The van der Waals surface area contributed by atoms with E-state index in [1.54, 1.807) is 0 Å². The molecule has 1 aromatic rings. The summed E-state index contributed by atoms with van der Waals surface area (Å²) < 4.78 is 80.6. The number of benzene rings is 1. The van der Waals surface area contributed by atoms with Gasteiger partial charge in [-0.2, -0.15) is 26.3 Å². The molecule has 1 aromatic carbocycles. The molecule has 0 unspecified atom stereocenters. The average molecular weight is 300 g/mol. The molecule has 0 saturated heterocycles. The zero-order chi connectivity index (χ0) is 15.7. The van der Waals surface area contributed by atoms with Crippen LogP contribution in [0.15, 0.2) is 12.1 Å². The normalized spacial score (nSPS) is 12.4. The Labute approximate surface area is 110 Å². The van der Waals surface area contributed by atoms with Crippen molar-refractivity contribution in [3.8, 4) is 0 Å². The smallest absolute Gasteiger partial charge is 0.417 e. The van der Waals surface area contributed by atoms with Crippen LogP contribution in [0.4, 0.5) is 26.3 Å².